The van der Waals surface area contributed by atoms with Crippen LogP contribution in [0.5, 0.6) is 0 Å². The molecule has 1 aliphatic rings. The average molecular weight is 498 g/mol. The molecule has 1 fully saturated rings. The van der Waals surface area contributed by atoms with Crippen molar-refractivity contribution in [3.63, 3.8) is 0 Å². The Morgan fingerprint density at radius 2 is 1.75 bits per heavy atom. The van der Waals surface area contributed by atoms with Crippen molar-refractivity contribution in [3.05, 3.63) is 63.6 Å². The largest absolute Gasteiger partial charge is 0.369 e. The monoisotopic (exact) mass is 497 g/mol. The van der Waals surface area contributed by atoms with Gasteiger partial charge in [0.2, 0.25) is 5.95 Å². The van der Waals surface area contributed by atoms with E-state index >= 15 is 0 Å². The molecule has 9 heteroatoms. The lowest BCUT2D eigenvalue weighted by Crippen LogP contribution is -2.44. The molecule has 0 unspecified atom stereocenters. The molecule has 0 spiro atoms. The van der Waals surface area contributed by atoms with Gasteiger partial charge in [-0.1, -0.05) is 0 Å². The van der Waals surface area contributed by atoms with Crippen LogP contribution in [-0.2, 0) is 0 Å². The van der Waals surface area contributed by atoms with E-state index in [2.05, 4.69) is 65.5 Å². The van der Waals surface area contributed by atoms with E-state index < -0.39 is 0 Å². The first-order valence-corrected chi connectivity index (χ1v) is 11.5. The van der Waals surface area contributed by atoms with Gasteiger partial charge in [0.1, 0.15) is 5.69 Å². The fourth-order valence-electron chi connectivity index (χ4n) is 3.60. The zero-order valence-corrected chi connectivity index (χ0v) is 20.1. The highest BCUT2D eigenvalue weighted by atomic mass is 79.9. The van der Waals surface area contributed by atoms with Crippen molar-refractivity contribution in [1.29, 1.82) is 0 Å². The van der Waals surface area contributed by atoms with Crippen LogP contribution < -0.4 is 21.1 Å². The van der Waals surface area contributed by atoms with E-state index in [-0.39, 0.29) is 11.6 Å². The number of piperazine rings is 1. The van der Waals surface area contributed by atoms with Crippen LogP contribution in [0.25, 0.3) is 0 Å². The smallest absolute Gasteiger partial charge is 0.274 e. The van der Waals surface area contributed by atoms with Gasteiger partial charge >= 0.3 is 0 Å². The average Bonchev–Trinajstić information content (AvgIpc) is 2.78. The summed E-state index contributed by atoms with van der Waals surface area (Å²) in [5, 5.41) is 6.38. The fourth-order valence-corrected chi connectivity index (χ4v) is 3.89. The van der Waals surface area contributed by atoms with Crippen molar-refractivity contribution in [3.8, 4) is 0 Å². The summed E-state index contributed by atoms with van der Waals surface area (Å²) in [7, 11) is 2.16. The molecule has 2 aromatic heterocycles. The van der Waals surface area contributed by atoms with Crippen LogP contribution in [0.3, 0.4) is 0 Å². The number of nitrogens with zero attached hydrogens (tertiary/aromatic N) is 5. The number of benzene rings is 1. The fraction of sp³-hybridized carbons (Fsp3) is 0.348. The van der Waals surface area contributed by atoms with E-state index in [0.29, 0.717) is 21.9 Å². The molecule has 0 bridgehead atoms. The summed E-state index contributed by atoms with van der Waals surface area (Å²) in [6, 6.07) is 12.0. The summed E-state index contributed by atoms with van der Waals surface area (Å²) in [5.41, 5.74) is 2.48. The zero-order chi connectivity index (χ0) is 22.7. The topological polar surface area (TPSA) is 78.3 Å². The molecule has 32 heavy (non-hydrogen) atoms. The SMILES string of the molecule is CC(C)n1cccc(Nc2nc(Nc3ccc(N4CCN(C)CC4)cc3)ncc2Br)c1=O. The predicted molar refractivity (Wildman–Crippen MR) is 134 cm³/mol. The molecular weight excluding hydrogens is 470 g/mol. The third-order valence-electron chi connectivity index (χ3n) is 5.52. The molecule has 0 radical (unpaired) electrons. The van der Waals surface area contributed by atoms with Gasteiger partial charge in [0, 0.05) is 56.0 Å². The first kappa shape index (κ1) is 22.3. The second-order valence-corrected chi connectivity index (χ2v) is 9.06. The Kier molecular flexibility index (Phi) is 6.76. The number of hydrogen-bond acceptors (Lipinski definition) is 7. The Balaban J connectivity index is 1.49. The second kappa shape index (κ2) is 9.70. The maximum absolute atomic E-state index is 12.7. The molecule has 3 aromatic rings. The van der Waals surface area contributed by atoms with Gasteiger partial charge in [-0.2, -0.15) is 4.98 Å². The van der Waals surface area contributed by atoms with Crippen molar-refractivity contribution in [2.45, 2.75) is 19.9 Å². The van der Waals surface area contributed by atoms with Crippen molar-refractivity contribution < 1.29 is 0 Å². The van der Waals surface area contributed by atoms with Gasteiger partial charge in [0.15, 0.2) is 5.82 Å². The van der Waals surface area contributed by atoms with E-state index in [1.165, 1.54) is 5.69 Å². The summed E-state index contributed by atoms with van der Waals surface area (Å²) in [6.07, 6.45) is 3.45. The van der Waals surface area contributed by atoms with Crippen LogP contribution in [0.4, 0.5) is 28.8 Å². The van der Waals surface area contributed by atoms with Gasteiger partial charge in [-0.25, -0.2) is 4.98 Å². The lowest BCUT2D eigenvalue weighted by atomic mass is 10.2. The highest BCUT2D eigenvalue weighted by Crippen LogP contribution is 2.25. The van der Waals surface area contributed by atoms with Crippen LogP contribution in [0.1, 0.15) is 19.9 Å². The highest BCUT2D eigenvalue weighted by Gasteiger charge is 2.14. The highest BCUT2D eigenvalue weighted by molar-refractivity contribution is 9.10. The van der Waals surface area contributed by atoms with E-state index in [4.69, 9.17) is 0 Å². The third kappa shape index (κ3) is 5.11. The molecule has 4 rings (SSSR count). The molecule has 1 aliphatic heterocycles. The third-order valence-corrected chi connectivity index (χ3v) is 6.10. The number of anilines is 5. The first-order chi connectivity index (χ1) is 15.4. The minimum Gasteiger partial charge on any atom is -0.369 e. The van der Waals surface area contributed by atoms with Gasteiger partial charge in [-0.05, 0) is 73.2 Å². The quantitative estimate of drug-likeness (QED) is 0.527. The minimum absolute atomic E-state index is 0.0733. The minimum atomic E-state index is -0.0954. The maximum Gasteiger partial charge on any atom is 0.274 e. The van der Waals surface area contributed by atoms with Gasteiger partial charge in [0.25, 0.3) is 5.56 Å². The van der Waals surface area contributed by atoms with Gasteiger partial charge in [-0.15, -0.1) is 0 Å². The molecule has 8 nitrogen and oxygen atoms in total. The Labute approximate surface area is 196 Å². The van der Waals surface area contributed by atoms with Crippen LogP contribution in [-0.4, -0.2) is 52.7 Å². The predicted octanol–water partition coefficient (Wildman–Crippen LogP) is 4.22. The normalized spacial score (nSPS) is 14.6. The Morgan fingerprint density at radius 3 is 2.44 bits per heavy atom. The number of rotatable bonds is 6. The number of hydrogen-bond donors (Lipinski definition) is 2. The van der Waals surface area contributed by atoms with Crippen LogP contribution >= 0.6 is 15.9 Å². The number of nitrogens with one attached hydrogen (secondary N) is 2. The summed E-state index contributed by atoms with van der Waals surface area (Å²) < 4.78 is 2.35. The van der Waals surface area contributed by atoms with E-state index in [0.717, 1.165) is 31.9 Å². The number of halogens is 1. The molecular formula is C23H28BrN7O. The van der Waals surface area contributed by atoms with Crippen LogP contribution in [0.2, 0.25) is 0 Å². The molecule has 0 amide bonds. The number of likely N-dealkylation sites (N-methyl/N-ethyl adjacent to an activating group) is 1. The summed E-state index contributed by atoms with van der Waals surface area (Å²) in [4.78, 5) is 26.4. The Bertz CT molecular complexity index is 1120. The van der Waals surface area contributed by atoms with Gasteiger partial charge in [0.05, 0.1) is 4.47 Å². The number of pyridine rings is 1. The Hall–Kier alpha value is -2.91. The maximum atomic E-state index is 12.7. The van der Waals surface area contributed by atoms with Gasteiger partial charge < -0.3 is 25.0 Å². The standard InChI is InChI=1S/C23H28BrN7O/c1-16(2)31-10-4-5-20(22(31)32)27-21-19(24)15-25-23(28-21)26-17-6-8-18(9-7-17)30-13-11-29(3)12-14-30/h4-10,15-16H,11-14H2,1-3H3,(H2,25,26,27,28). The molecule has 0 aliphatic carbocycles. The summed E-state index contributed by atoms with van der Waals surface area (Å²) in [6.45, 7) is 8.17. The number of aromatic nitrogens is 3. The molecule has 0 saturated carbocycles. The lowest BCUT2D eigenvalue weighted by molar-refractivity contribution is 0.313. The van der Waals surface area contributed by atoms with E-state index in [9.17, 15) is 4.79 Å². The Morgan fingerprint density at radius 1 is 1.03 bits per heavy atom. The lowest BCUT2D eigenvalue weighted by Gasteiger charge is -2.34. The molecule has 3 heterocycles. The molecule has 2 N–H and O–H groups in total. The molecule has 0 atom stereocenters. The van der Waals surface area contributed by atoms with Gasteiger partial charge in [-0.3, -0.25) is 4.79 Å². The zero-order valence-electron chi connectivity index (χ0n) is 18.5. The first-order valence-electron chi connectivity index (χ1n) is 10.7. The molecule has 1 aromatic carbocycles. The summed E-state index contributed by atoms with van der Waals surface area (Å²) in [5.74, 6) is 0.971. The molecule has 1 saturated heterocycles. The van der Waals surface area contributed by atoms with Crippen LogP contribution in [0.15, 0.2) is 58.1 Å². The van der Waals surface area contributed by atoms with Crippen molar-refractivity contribution in [2.75, 3.05) is 48.8 Å². The summed E-state index contributed by atoms with van der Waals surface area (Å²) >= 11 is 3.47. The van der Waals surface area contributed by atoms with Crippen molar-refractivity contribution in [2.24, 2.45) is 0 Å². The van der Waals surface area contributed by atoms with E-state index in [1.54, 1.807) is 23.0 Å². The van der Waals surface area contributed by atoms with E-state index in [1.807, 2.05) is 32.0 Å². The second-order valence-electron chi connectivity index (χ2n) is 8.21. The molecule has 168 valence electrons. The van der Waals surface area contributed by atoms with Crippen LogP contribution in [0, 0.1) is 0 Å². The van der Waals surface area contributed by atoms with Crippen molar-refractivity contribution >= 4 is 44.8 Å². The van der Waals surface area contributed by atoms with Crippen molar-refractivity contribution in [1.82, 2.24) is 19.4 Å².